The zero-order chi connectivity index (χ0) is 13.4. The van der Waals surface area contributed by atoms with Gasteiger partial charge in [0.2, 0.25) is 0 Å². The molecule has 1 N–H and O–H groups in total. The van der Waals surface area contributed by atoms with Crippen molar-refractivity contribution in [3.8, 4) is 0 Å². The minimum atomic E-state index is 0.130. The van der Waals surface area contributed by atoms with E-state index in [1.54, 1.807) is 0 Å². The van der Waals surface area contributed by atoms with E-state index in [1.807, 2.05) is 0 Å². The third-order valence-electron chi connectivity index (χ3n) is 4.19. The predicted octanol–water partition coefficient (Wildman–Crippen LogP) is 4.00. The average molecular weight is 255 g/mol. The summed E-state index contributed by atoms with van der Waals surface area (Å²) in [5.41, 5.74) is 0.130. The van der Waals surface area contributed by atoms with Gasteiger partial charge >= 0.3 is 0 Å². The smallest absolute Gasteiger partial charge is 0.0806 e. The summed E-state index contributed by atoms with van der Waals surface area (Å²) in [6, 6.07) is 0. The molecule has 2 heteroatoms. The van der Waals surface area contributed by atoms with Gasteiger partial charge in [0.05, 0.1) is 5.60 Å². The third kappa shape index (κ3) is 5.27. The van der Waals surface area contributed by atoms with Crippen LogP contribution in [0.1, 0.15) is 66.2 Å². The molecule has 1 aliphatic carbocycles. The Morgan fingerprint density at radius 1 is 1.22 bits per heavy atom. The van der Waals surface area contributed by atoms with Crippen molar-refractivity contribution in [2.24, 2.45) is 11.8 Å². The van der Waals surface area contributed by atoms with E-state index in [1.165, 1.54) is 38.5 Å². The van der Waals surface area contributed by atoms with Gasteiger partial charge in [-0.2, -0.15) is 0 Å². The Bertz CT molecular complexity index is 202. The number of nitrogens with one attached hydrogen (secondary N) is 1. The Balaban J connectivity index is 2.46. The summed E-state index contributed by atoms with van der Waals surface area (Å²) >= 11 is 0. The molecule has 0 aromatic carbocycles. The van der Waals surface area contributed by atoms with Crippen molar-refractivity contribution in [3.63, 3.8) is 0 Å². The first kappa shape index (κ1) is 16.0. The van der Waals surface area contributed by atoms with Crippen molar-refractivity contribution in [2.45, 2.75) is 71.8 Å². The van der Waals surface area contributed by atoms with Crippen molar-refractivity contribution in [1.82, 2.24) is 5.32 Å². The number of hydrogen-bond acceptors (Lipinski definition) is 2. The standard InChI is InChI=1S/C16H33NO/c1-5-11-17-13-16(18-12-14(3)4)9-7-15(6-2)8-10-16/h14-15,17H,5-13H2,1-4H3. The van der Waals surface area contributed by atoms with Crippen LogP contribution in [0.15, 0.2) is 0 Å². The molecule has 0 atom stereocenters. The van der Waals surface area contributed by atoms with Crippen LogP contribution in [0.2, 0.25) is 0 Å². The molecule has 0 unspecified atom stereocenters. The van der Waals surface area contributed by atoms with Gasteiger partial charge in [-0.3, -0.25) is 0 Å². The molecule has 1 saturated carbocycles. The van der Waals surface area contributed by atoms with E-state index in [0.29, 0.717) is 5.92 Å². The fraction of sp³-hybridized carbons (Fsp3) is 1.00. The van der Waals surface area contributed by atoms with Crippen LogP contribution in [-0.2, 0) is 4.74 Å². The molecule has 0 amide bonds. The maximum atomic E-state index is 6.31. The fourth-order valence-electron chi connectivity index (χ4n) is 2.82. The fourth-order valence-corrected chi connectivity index (χ4v) is 2.82. The maximum Gasteiger partial charge on any atom is 0.0806 e. The third-order valence-corrected chi connectivity index (χ3v) is 4.19. The normalized spacial score (nSPS) is 28.8. The Labute approximate surface area is 114 Å². The van der Waals surface area contributed by atoms with E-state index in [4.69, 9.17) is 4.74 Å². The lowest BCUT2D eigenvalue weighted by atomic mass is 9.77. The second-order valence-electron chi connectivity index (χ2n) is 6.42. The lowest BCUT2D eigenvalue weighted by Crippen LogP contribution is -2.46. The molecular formula is C16H33NO. The maximum absolute atomic E-state index is 6.31. The molecule has 108 valence electrons. The molecule has 0 heterocycles. The molecule has 0 radical (unpaired) electrons. The Morgan fingerprint density at radius 3 is 2.39 bits per heavy atom. The van der Waals surface area contributed by atoms with Gasteiger partial charge < -0.3 is 10.1 Å². The van der Waals surface area contributed by atoms with Gasteiger partial charge in [0.25, 0.3) is 0 Å². The van der Waals surface area contributed by atoms with Gasteiger partial charge in [0.1, 0.15) is 0 Å². The van der Waals surface area contributed by atoms with Gasteiger partial charge in [-0.05, 0) is 50.5 Å². The first-order valence-electron chi connectivity index (χ1n) is 7.96. The van der Waals surface area contributed by atoms with Crippen molar-refractivity contribution < 1.29 is 4.74 Å². The van der Waals surface area contributed by atoms with Gasteiger partial charge in [-0.15, -0.1) is 0 Å². The summed E-state index contributed by atoms with van der Waals surface area (Å²) < 4.78 is 6.31. The molecule has 0 saturated heterocycles. The second-order valence-corrected chi connectivity index (χ2v) is 6.42. The molecule has 1 aliphatic rings. The van der Waals surface area contributed by atoms with Crippen molar-refractivity contribution in [3.05, 3.63) is 0 Å². The molecule has 1 fully saturated rings. The van der Waals surface area contributed by atoms with E-state index < -0.39 is 0 Å². The van der Waals surface area contributed by atoms with Crippen LogP contribution in [-0.4, -0.2) is 25.3 Å². The van der Waals surface area contributed by atoms with Crippen LogP contribution in [0, 0.1) is 11.8 Å². The molecule has 0 aromatic rings. The van der Waals surface area contributed by atoms with E-state index in [9.17, 15) is 0 Å². The summed E-state index contributed by atoms with van der Waals surface area (Å²) in [7, 11) is 0. The Hall–Kier alpha value is -0.0800. The van der Waals surface area contributed by atoms with E-state index in [2.05, 4.69) is 33.0 Å². The number of rotatable bonds is 8. The lowest BCUT2D eigenvalue weighted by molar-refractivity contribution is -0.0855. The molecule has 2 nitrogen and oxygen atoms in total. The summed E-state index contributed by atoms with van der Waals surface area (Å²) in [5.74, 6) is 1.57. The summed E-state index contributed by atoms with van der Waals surface area (Å²) in [6.07, 6.45) is 7.73. The van der Waals surface area contributed by atoms with Crippen molar-refractivity contribution >= 4 is 0 Å². The van der Waals surface area contributed by atoms with E-state index in [-0.39, 0.29) is 5.60 Å². The van der Waals surface area contributed by atoms with Gasteiger partial charge in [0, 0.05) is 13.2 Å². The summed E-state index contributed by atoms with van der Waals surface area (Å²) in [4.78, 5) is 0. The van der Waals surface area contributed by atoms with Crippen LogP contribution < -0.4 is 5.32 Å². The molecule has 0 aliphatic heterocycles. The average Bonchev–Trinajstić information content (AvgIpc) is 2.38. The SMILES string of the molecule is CCCNCC1(OCC(C)C)CCC(CC)CC1. The zero-order valence-corrected chi connectivity index (χ0v) is 12.9. The topological polar surface area (TPSA) is 21.3 Å². The van der Waals surface area contributed by atoms with Crippen LogP contribution in [0.5, 0.6) is 0 Å². The second kappa shape index (κ2) is 8.16. The van der Waals surface area contributed by atoms with Crippen LogP contribution in [0.25, 0.3) is 0 Å². The molecule has 18 heavy (non-hydrogen) atoms. The van der Waals surface area contributed by atoms with Crippen LogP contribution in [0.3, 0.4) is 0 Å². The highest BCUT2D eigenvalue weighted by Gasteiger charge is 2.35. The van der Waals surface area contributed by atoms with E-state index in [0.717, 1.165) is 25.6 Å². The lowest BCUT2D eigenvalue weighted by Gasteiger charge is -2.40. The molecule has 0 bridgehead atoms. The first-order chi connectivity index (χ1) is 8.62. The summed E-state index contributed by atoms with van der Waals surface area (Å²) in [5, 5.41) is 3.58. The first-order valence-corrected chi connectivity index (χ1v) is 7.96. The molecular weight excluding hydrogens is 222 g/mol. The number of hydrogen-bond donors (Lipinski definition) is 1. The molecule has 0 spiro atoms. The van der Waals surface area contributed by atoms with Crippen molar-refractivity contribution in [2.75, 3.05) is 19.7 Å². The Morgan fingerprint density at radius 2 is 1.89 bits per heavy atom. The Kier molecular flexibility index (Phi) is 7.25. The van der Waals surface area contributed by atoms with Crippen LogP contribution >= 0.6 is 0 Å². The number of ether oxygens (including phenoxy) is 1. The highest BCUT2D eigenvalue weighted by atomic mass is 16.5. The monoisotopic (exact) mass is 255 g/mol. The van der Waals surface area contributed by atoms with Gasteiger partial charge in [0.15, 0.2) is 0 Å². The molecule has 0 aromatic heterocycles. The zero-order valence-electron chi connectivity index (χ0n) is 12.9. The quantitative estimate of drug-likeness (QED) is 0.662. The largest absolute Gasteiger partial charge is 0.373 e. The minimum Gasteiger partial charge on any atom is -0.373 e. The van der Waals surface area contributed by atoms with Crippen LogP contribution in [0.4, 0.5) is 0 Å². The molecule has 1 rings (SSSR count). The van der Waals surface area contributed by atoms with Gasteiger partial charge in [-0.25, -0.2) is 0 Å². The van der Waals surface area contributed by atoms with E-state index >= 15 is 0 Å². The highest BCUT2D eigenvalue weighted by molar-refractivity contribution is 4.89. The summed E-state index contributed by atoms with van der Waals surface area (Å²) in [6.45, 7) is 12.1. The highest BCUT2D eigenvalue weighted by Crippen LogP contribution is 2.36. The minimum absolute atomic E-state index is 0.130. The van der Waals surface area contributed by atoms with Crippen molar-refractivity contribution in [1.29, 1.82) is 0 Å². The predicted molar refractivity (Wildman–Crippen MR) is 78.9 cm³/mol. The van der Waals surface area contributed by atoms with Gasteiger partial charge in [-0.1, -0.05) is 34.1 Å².